The zero-order valence-electron chi connectivity index (χ0n) is 15.2. The first-order chi connectivity index (χ1) is 12.4. The second-order valence-electron chi connectivity index (χ2n) is 8.45. The van der Waals surface area contributed by atoms with Gasteiger partial charge in [0.2, 0.25) is 0 Å². The molecule has 3 fully saturated rings. The zero-order chi connectivity index (χ0) is 18.3. The van der Waals surface area contributed by atoms with Gasteiger partial charge in [-0.05, 0) is 42.4 Å². The van der Waals surface area contributed by atoms with E-state index < -0.39 is 0 Å². The number of hydrogen-bond acceptors (Lipinski definition) is 4. The van der Waals surface area contributed by atoms with E-state index >= 15 is 0 Å². The van der Waals surface area contributed by atoms with E-state index in [4.69, 9.17) is 0 Å². The van der Waals surface area contributed by atoms with Gasteiger partial charge in [-0.1, -0.05) is 38.1 Å². The van der Waals surface area contributed by atoms with Gasteiger partial charge in [-0.2, -0.15) is 0 Å². The third kappa shape index (κ3) is 1.82. The third-order valence-corrected chi connectivity index (χ3v) is 8.59. The van der Waals surface area contributed by atoms with E-state index in [0.29, 0.717) is 16.7 Å². The van der Waals surface area contributed by atoms with Gasteiger partial charge in [-0.25, -0.2) is 4.98 Å². The number of carbonyl (C=O) groups excluding carboxylic acids is 2. The number of fused-ring (bicyclic) bond motifs is 1. The summed E-state index contributed by atoms with van der Waals surface area (Å²) in [6.45, 7) is 6.28. The number of aromatic nitrogens is 1. The van der Waals surface area contributed by atoms with E-state index in [1.807, 2.05) is 18.2 Å². The maximum Gasteiger partial charge on any atom is 0.271 e. The Hall–Kier alpha value is -2.01. The Morgan fingerprint density at radius 1 is 1.19 bits per heavy atom. The van der Waals surface area contributed by atoms with Crippen molar-refractivity contribution in [3.8, 4) is 10.6 Å². The SMILES string of the molecule is CC(=O)c1ccccc1-c1nc(C(=O)N[C@@H]2C[C@@H]3CC4C3(C)[C@]42C)cs1. The summed E-state index contributed by atoms with van der Waals surface area (Å²) in [7, 11) is 0. The Morgan fingerprint density at radius 3 is 2.62 bits per heavy atom. The molecular weight excluding hydrogens is 344 g/mol. The highest BCUT2D eigenvalue weighted by Gasteiger charge is 2.86. The standard InChI is InChI=1S/C21H22N2O2S/c1-11(24)13-6-4-5-7-14(13)19-22-15(10-26-19)18(25)23-17-9-12-8-16-20(12,2)21(16,17)3/h4-7,10,12,16-17H,8-9H2,1-3H3,(H,23,25)/t12-,16?,17+,20?,21+/m0/s1. The third-order valence-electron chi connectivity index (χ3n) is 7.72. The zero-order valence-corrected chi connectivity index (χ0v) is 16.0. The van der Waals surface area contributed by atoms with E-state index in [1.165, 1.54) is 17.8 Å². The van der Waals surface area contributed by atoms with Crippen LogP contribution in [0, 0.1) is 22.7 Å². The first-order valence-electron chi connectivity index (χ1n) is 9.24. The number of amides is 1. The topological polar surface area (TPSA) is 59.1 Å². The fourth-order valence-corrected chi connectivity index (χ4v) is 6.80. The van der Waals surface area contributed by atoms with Gasteiger partial charge >= 0.3 is 0 Å². The molecular formula is C21H22N2O2S. The maximum atomic E-state index is 12.8. The van der Waals surface area contributed by atoms with Crippen molar-refractivity contribution in [3.05, 3.63) is 40.9 Å². The van der Waals surface area contributed by atoms with Crippen LogP contribution in [0.25, 0.3) is 10.6 Å². The van der Waals surface area contributed by atoms with Gasteiger partial charge in [0.1, 0.15) is 10.7 Å². The molecule has 5 atom stereocenters. The molecule has 1 amide bonds. The van der Waals surface area contributed by atoms with Crippen LogP contribution in [0.4, 0.5) is 0 Å². The van der Waals surface area contributed by atoms with Crippen LogP contribution < -0.4 is 5.32 Å². The van der Waals surface area contributed by atoms with Gasteiger partial charge in [0.15, 0.2) is 5.78 Å². The second-order valence-corrected chi connectivity index (χ2v) is 9.31. The molecule has 3 aliphatic carbocycles. The molecule has 4 nitrogen and oxygen atoms in total. The number of rotatable bonds is 4. The second kappa shape index (κ2) is 5.03. The van der Waals surface area contributed by atoms with Gasteiger partial charge in [0.25, 0.3) is 5.91 Å². The average Bonchev–Trinajstić information content (AvgIpc) is 2.99. The van der Waals surface area contributed by atoms with E-state index in [1.54, 1.807) is 18.4 Å². The Balaban J connectivity index is 1.37. The van der Waals surface area contributed by atoms with Crippen molar-refractivity contribution in [2.75, 3.05) is 0 Å². The molecule has 1 N–H and O–H groups in total. The van der Waals surface area contributed by atoms with Crippen LogP contribution >= 0.6 is 11.3 Å². The van der Waals surface area contributed by atoms with Crippen molar-refractivity contribution in [2.24, 2.45) is 22.7 Å². The van der Waals surface area contributed by atoms with Crippen molar-refractivity contribution in [2.45, 2.75) is 39.7 Å². The van der Waals surface area contributed by atoms with E-state index in [0.717, 1.165) is 28.8 Å². The number of Topliss-reactive ketones (excluding diaryl/α,β-unsaturated/α-hetero) is 1. The minimum atomic E-state index is -0.0884. The smallest absolute Gasteiger partial charge is 0.271 e. The normalized spacial score (nSPS) is 36.2. The maximum absolute atomic E-state index is 12.8. The number of nitrogens with zero attached hydrogens (tertiary/aromatic N) is 1. The highest BCUT2D eigenvalue weighted by molar-refractivity contribution is 7.13. The molecule has 1 heterocycles. The Morgan fingerprint density at radius 2 is 1.96 bits per heavy atom. The highest BCUT2D eigenvalue weighted by Crippen LogP contribution is 2.89. The molecule has 0 saturated heterocycles. The molecule has 3 aliphatic rings. The minimum Gasteiger partial charge on any atom is -0.347 e. The van der Waals surface area contributed by atoms with Crippen LogP contribution in [-0.4, -0.2) is 22.7 Å². The first kappa shape index (κ1) is 16.2. The molecule has 0 aliphatic heterocycles. The lowest BCUT2D eigenvalue weighted by Crippen LogP contribution is -2.42. The molecule has 5 heteroatoms. The van der Waals surface area contributed by atoms with Crippen LogP contribution in [0.2, 0.25) is 0 Å². The monoisotopic (exact) mass is 366 g/mol. The molecule has 2 unspecified atom stereocenters. The van der Waals surface area contributed by atoms with E-state index in [-0.39, 0.29) is 23.1 Å². The largest absolute Gasteiger partial charge is 0.347 e. The summed E-state index contributed by atoms with van der Waals surface area (Å²) in [5, 5.41) is 5.77. The van der Waals surface area contributed by atoms with Gasteiger partial charge < -0.3 is 5.32 Å². The molecule has 134 valence electrons. The van der Waals surface area contributed by atoms with Gasteiger partial charge in [-0.3, -0.25) is 9.59 Å². The number of ketones is 1. The van der Waals surface area contributed by atoms with Crippen molar-refractivity contribution >= 4 is 23.0 Å². The number of nitrogens with one attached hydrogen (secondary N) is 1. The molecule has 26 heavy (non-hydrogen) atoms. The molecule has 5 rings (SSSR count). The van der Waals surface area contributed by atoms with E-state index in [2.05, 4.69) is 24.1 Å². The lowest BCUT2D eigenvalue weighted by atomic mass is 9.73. The predicted octanol–water partition coefficient (Wildman–Crippen LogP) is 4.18. The lowest BCUT2D eigenvalue weighted by molar-refractivity contribution is 0.0897. The number of carbonyl (C=O) groups is 2. The van der Waals surface area contributed by atoms with E-state index in [9.17, 15) is 9.59 Å². The summed E-state index contributed by atoms with van der Waals surface area (Å²) < 4.78 is 0. The molecule has 3 saturated carbocycles. The Kier molecular flexibility index (Phi) is 3.13. The molecule has 0 radical (unpaired) electrons. The quantitative estimate of drug-likeness (QED) is 0.826. The van der Waals surface area contributed by atoms with Gasteiger partial charge in [-0.15, -0.1) is 11.3 Å². The lowest BCUT2D eigenvalue weighted by Gasteiger charge is -2.34. The van der Waals surface area contributed by atoms with Gasteiger partial charge in [0, 0.05) is 22.5 Å². The van der Waals surface area contributed by atoms with Crippen molar-refractivity contribution in [1.29, 1.82) is 0 Å². The Labute approximate surface area is 157 Å². The van der Waals surface area contributed by atoms with Crippen LogP contribution in [0.1, 0.15) is 54.5 Å². The molecule has 2 aromatic rings. The van der Waals surface area contributed by atoms with Crippen molar-refractivity contribution in [3.63, 3.8) is 0 Å². The van der Waals surface area contributed by atoms with Crippen LogP contribution in [0.15, 0.2) is 29.6 Å². The van der Waals surface area contributed by atoms with Crippen LogP contribution in [-0.2, 0) is 0 Å². The van der Waals surface area contributed by atoms with Crippen molar-refractivity contribution < 1.29 is 9.59 Å². The number of benzene rings is 1. The fraction of sp³-hybridized carbons (Fsp3) is 0.476. The predicted molar refractivity (Wildman–Crippen MR) is 101 cm³/mol. The molecule has 1 aromatic heterocycles. The highest BCUT2D eigenvalue weighted by atomic mass is 32.1. The Bertz CT molecular complexity index is 945. The average molecular weight is 366 g/mol. The summed E-state index contributed by atoms with van der Waals surface area (Å²) in [4.78, 5) is 29.1. The van der Waals surface area contributed by atoms with Crippen LogP contribution in [0.3, 0.4) is 0 Å². The van der Waals surface area contributed by atoms with Crippen molar-refractivity contribution in [1.82, 2.24) is 10.3 Å². The fourth-order valence-electron chi connectivity index (χ4n) is 5.96. The summed E-state index contributed by atoms with van der Waals surface area (Å²) in [6.07, 6.45) is 2.43. The first-order valence-corrected chi connectivity index (χ1v) is 10.1. The number of hydrogen-bond donors (Lipinski definition) is 1. The summed E-state index contributed by atoms with van der Waals surface area (Å²) >= 11 is 1.42. The molecule has 0 spiro atoms. The van der Waals surface area contributed by atoms with Crippen LogP contribution in [0.5, 0.6) is 0 Å². The summed E-state index contributed by atoms with van der Waals surface area (Å²) in [6, 6.07) is 7.69. The summed E-state index contributed by atoms with van der Waals surface area (Å²) in [5.41, 5.74) is 2.63. The minimum absolute atomic E-state index is 0.00734. The number of thiazole rings is 1. The van der Waals surface area contributed by atoms with Gasteiger partial charge in [0.05, 0.1) is 0 Å². The molecule has 1 aromatic carbocycles. The molecule has 0 bridgehead atoms. The summed E-state index contributed by atoms with van der Waals surface area (Å²) in [5.74, 6) is 1.48.